The highest BCUT2D eigenvalue weighted by Gasteiger charge is 2.37. The summed E-state index contributed by atoms with van der Waals surface area (Å²) in [5.74, 6) is -0.687. The first-order valence-corrected chi connectivity index (χ1v) is 15.2. The van der Waals surface area contributed by atoms with Gasteiger partial charge in [0.15, 0.2) is 0 Å². The van der Waals surface area contributed by atoms with Crippen LogP contribution in [0.15, 0.2) is 91.0 Å². The number of amides is 3. The van der Waals surface area contributed by atoms with E-state index in [0.717, 1.165) is 33.0 Å². The topological polar surface area (TPSA) is 87.7 Å². The molecule has 0 saturated heterocycles. The number of hydrogen-bond donors (Lipinski definition) is 2. The first kappa shape index (κ1) is 32.3. The average Bonchev–Trinajstić information content (AvgIpc) is 2.98. The van der Waals surface area contributed by atoms with Gasteiger partial charge in [-0.3, -0.25) is 9.59 Å². The highest BCUT2D eigenvalue weighted by Crippen LogP contribution is 2.30. The number of fused-ring (bicyclic) bond motifs is 1. The van der Waals surface area contributed by atoms with Crippen molar-refractivity contribution >= 4 is 34.4 Å². The van der Waals surface area contributed by atoms with Crippen LogP contribution in [0, 0.1) is 13.8 Å². The van der Waals surface area contributed by atoms with Crippen LogP contribution in [0.3, 0.4) is 0 Å². The van der Waals surface area contributed by atoms with Gasteiger partial charge in [0.1, 0.15) is 17.7 Å². The molecule has 0 aromatic heterocycles. The fraction of sp³-hybridized carbons (Fsp3) is 0.324. The zero-order valence-electron chi connectivity index (χ0n) is 26.5. The number of benzene rings is 4. The molecule has 0 saturated carbocycles. The number of rotatable bonds is 10. The van der Waals surface area contributed by atoms with Crippen LogP contribution in [0.4, 0.5) is 10.5 Å². The molecule has 2 N–H and O–H groups in total. The summed E-state index contributed by atoms with van der Waals surface area (Å²) in [7, 11) is 0. The maximum Gasteiger partial charge on any atom is 0.408 e. The first-order valence-electron chi connectivity index (χ1n) is 15.2. The van der Waals surface area contributed by atoms with E-state index in [0.29, 0.717) is 18.7 Å². The SMILES string of the molecule is CCCN(C(=O)C(Cc1ccccc1)NC(=O)OC(C)(C)C)C(C(=O)Nc1ccc2ccccc2c1)c1cccc(C)c1C. The van der Waals surface area contributed by atoms with Gasteiger partial charge < -0.3 is 20.3 Å². The minimum absolute atomic E-state index is 0.241. The molecule has 44 heavy (non-hydrogen) atoms. The van der Waals surface area contributed by atoms with Crippen LogP contribution < -0.4 is 10.6 Å². The van der Waals surface area contributed by atoms with E-state index in [1.54, 1.807) is 25.7 Å². The van der Waals surface area contributed by atoms with E-state index in [1.807, 2.05) is 112 Å². The summed E-state index contributed by atoms with van der Waals surface area (Å²) in [6.45, 7) is 11.6. The Labute approximate surface area is 260 Å². The van der Waals surface area contributed by atoms with Gasteiger partial charge in [-0.25, -0.2) is 4.79 Å². The van der Waals surface area contributed by atoms with Crippen molar-refractivity contribution in [3.8, 4) is 0 Å². The molecule has 4 aromatic rings. The normalized spacial score (nSPS) is 12.7. The van der Waals surface area contributed by atoms with Crippen molar-refractivity contribution < 1.29 is 19.1 Å². The highest BCUT2D eigenvalue weighted by molar-refractivity contribution is 6.00. The lowest BCUT2D eigenvalue weighted by atomic mass is 9.94. The third kappa shape index (κ3) is 8.25. The van der Waals surface area contributed by atoms with E-state index in [9.17, 15) is 14.4 Å². The van der Waals surface area contributed by atoms with Crippen molar-refractivity contribution in [1.29, 1.82) is 0 Å². The molecule has 0 bridgehead atoms. The molecule has 3 amide bonds. The fourth-order valence-corrected chi connectivity index (χ4v) is 5.31. The number of nitrogens with zero attached hydrogens (tertiary/aromatic N) is 1. The summed E-state index contributed by atoms with van der Waals surface area (Å²) in [4.78, 5) is 43.4. The largest absolute Gasteiger partial charge is 0.444 e. The van der Waals surface area contributed by atoms with Crippen molar-refractivity contribution in [2.24, 2.45) is 0 Å². The standard InChI is InChI=1S/C37H43N3O4/c1-7-22-40(35(42)32(23-27-15-9-8-10-16-27)39-36(43)44-37(4,5)6)33(31-19-13-14-25(2)26(31)3)34(41)38-30-21-20-28-17-11-12-18-29(28)24-30/h8-21,24,32-33H,7,22-23H2,1-6H3,(H,38,41)(H,39,43). The molecular weight excluding hydrogens is 550 g/mol. The van der Waals surface area contributed by atoms with Crippen LogP contribution in [0.5, 0.6) is 0 Å². The van der Waals surface area contributed by atoms with Crippen molar-refractivity contribution in [3.63, 3.8) is 0 Å². The number of aryl methyl sites for hydroxylation is 1. The van der Waals surface area contributed by atoms with Crippen molar-refractivity contribution in [1.82, 2.24) is 10.2 Å². The zero-order valence-corrected chi connectivity index (χ0v) is 26.5. The molecule has 0 fully saturated rings. The number of carbonyl (C=O) groups is 3. The summed E-state index contributed by atoms with van der Waals surface area (Å²) in [6.07, 6.45) is 0.165. The molecule has 4 aromatic carbocycles. The Kier molecular flexibility index (Phi) is 10.4. The van der Waals surface area contributed by atoms with E-state index in [-0.39, 0.29) is 18.2 Å². The number of carbonyl (C=O) groups excluding carboxylic acids is 3. The van der Waals surface area contributed by atoms with Crippen LogP contribution in [-0.2, 0) is 20.7 Å². The minimum Gasteiger partial charge on any atom is -0.444 e. The second-order valence-corrected chi connectivity index (χ2v) is 12.2. The van der Waals surface area contributed by atoms with Crippen molar-refractivity contribution in [3.05, 3.63) is 113 Å². The molecular formula is C37H43N3O4. The third-order valence-corrected chi connectivity index (χ3v) is 7.54. The molecule has 0 aliphatic carbocycles. The second kappa shape index (κ2) is 14.2. The van der Waals surface area contributed by atoms with Gasteiger partial charge >= 0.3 is 6.09 Å². The van der Waals surface area contributed by atoms with E-state index in [4.69, 9.17) is 4.74 Å². The Morgan fingerprint density at radius 1 is 0.841 bits per heavy atom. The minimum atomic E-state index is -0.958. The van der Waals surface area contributed by atoms with Gasteiger partial charge in [0, 0.05) is 18.7 Å². The Balaban J connectivity index is 1.75. The molecule has 2 atom stereocenters. The maximum atomic E-state index is 14.6. The monoisotopic (exact) mass is 593 g/mol. The maximum absolute atomic E-state index is 14.6. The third-order valence-electron chi connectivity index (χ3n) is 7.54. The summed E-state index contributed by atoms with van der Waals surface area (Å²) in [5, 5.41) is 7.97. The second-order valence-electron chi connectivity index (χ2n) is 12.2. The van der Waals surface area contributed by atoms with Gasteiger partial charge in [0.25, 0.3) is 5.91 Å². The number of nitrogens with one attached hydrogen (secondary N) is 2. The first-order chi connectivity index (χ1) is 21.0. The summed E-state index contributed by atoms with van der Waals surface area (Å²) in [5.41, 5.74) is 3.46. The molecule has 0 radical (unpaired) electrons. The van der Waals surface area contributed by atoms with Crippen molar-refractivity contribution in [2.75, 3.05) is 11.9 Å². The van der Waals surface area contributed by atoms with Crippen LogP contribution in [0.25, 0.3) is 10.8 Å². The smallest absolute Gasteiger partial charge is 0.408 e. The van der Waals surface area contributed by atoms with Crippen LogP contribution in [0.1, 0.15) is 62.4 Å². The summed E-state index contributed by atoms with van der Waals surface area (Å²) >= 11 is 0. The molecule has 7 nitrogen and oxygen atoms in total. The number of hydrogen-bond acceptors (Lipinski definition) is 4. The van der Waals surface area contributed by atoms with Crippen LogP contribution in [0.2, 0.25) is 0 Å². The van der Waals surface area contributed by atoms with Crippen LogP contribution >= 0.6 is 0 Å². The van der Waals surface area contributed by atoms with E-state index in [2.05, 4.69) is 10.6 Å². The predicted molar refractivity (Wildman–Crippen MR) is 177 cm³/mol. The summed E-state index contributed by atoms with van der Waals surface area (Å²) < 4.78 is 5.54. The Hall–Kier alpha value is -4.65. The Bertz CT molecular complexity index is 1610. The van der Waals surface area contributed by atoms with Crippen molar-refractivity contribution in [2.45, 2.75) is 72.1 Å². The number of anilines is 1. The molecule has 0 aliphatic rings. The van der Waals surface area contributed by atoms with E-state index < -0.39 is 23.8 Å². The van der Waals surface area contributed by atoms with Gasteiger partial charge in [-0.2, -0.15) is 0 Å². The quantitative estimate of drug-likeness (QED) is 0.199. The van der Waals surface area contributed by atoms with Gasteiger partial charge in [0.2, 0.25) is 5.91 Å². The van der Waals surface area contributed by atoms with Gasteiger partial charge in [-0.05, 0) is 86.2 Å². The molecule has 230 valence electrons. The molecule has 0 spiro atoms. The number of alkyl carbamates (subject to hydrolysis) is 1. The Morgan fingerprint density at radius 3 is 2.20 bits per heavy atom. The Morgan fingerprint density at radius 2 is 1.52 bits per heavy atom. The predicted octanol–water partition coefficient (Wildman–Crippen LogP) is 7.51. The lowest BCUT2D eigenvalue weighted by Crippen LogP contribution is -2.53. The lowest BCUT2D eigenvalue weighted by molar-refractivity contribution is -0.140. The van der Waals surface area contributed by atoms with Gasteiger partial charge in [0.05, 0.1) is 0 Å². The summed E-state index contributed by atoms with van der Waals surface area (Å²) in [6, 6.07) is 27.1. The van der Waals surface area contributed by atoms with E-state index in [1.165, 1.54) is 0 Å². The lowest BCUT2D eigenvalue weighted by Gasteiger charge is -2.35. The van der Waals surface area contributed by atoms with Gasteiger partial charge in [-0.15, -0.1) is 0 Å². The van der Waals surface area contributed by atoms with Gasteiger partial charge in [-0.1, -0.05) is 85.8 Å². The fourth-order valence-electron chi connectivity index (χ4n) is 5.31. The highest BCUT2D eigenvalue weighted by atomic mass is 16.6. The molecule has 0 heterocycles. The van der Waals surface area contributed by atoms with E-state index >= 15 is 0 Å². The molecule has 7 heteroatoms. The van der Waals surface area contributed by atoms with Crippen LogP contribution in [-0.4, -0.2) is 41.0 Å². The number of ether oxygens (including phenoxy) is 1. The molecule has 2 unspecified atom stereocenters. The molecule has 4 rings (SSSR count). The molecule has 0 aliphatic heterocycles. The zero-order chi connectivity index (χ0) is 31.9. The average molecular weight is 594 g/mol.